The van der Waals surface area contributed by atoms with Crippen molar-refractivity contribution < 1.29 is 32.5 Å². The number of aliphatic hydroxyl groups excluding tert-OH is 1. The number of hydrogen-bond donors (Lipinski definition) is 2. The van der Waals surface area contributed by atoms with Crippen molar-refractivity contribution in [3.63, 3.8) is 0 Å². The number of anilines is 2. The first-order chi connectivity index (χ1) is 18.5. The second-order valence-electron chi connectivity index (χ2n) is 9.55. The monoisotopic (exact) mass is 561 g/mol. The predicted molar refractivity (Wildman–Crippen MR) is 141 cm³/mol. The summed E-state index contributed by atoms with van der Waals surface area (Å²) in [6.45, 7) is 4.92. The van der Waals surface area contributed by atoms with E-state index >= 15 is 0 Å². The van der Waals surface area contributed by atoms with E-state index in [9.17, 15) is 23.1 Å². The topological polar surface area (TPSA) is 74.3 Å². The Balaban J connectivity index is 1.49. The Hall–Kier alpha value is -3.31. The molecule has 0 aromatic heterocycles. The molecule has 11 heteroatoms. The fourth-order valence-electron chi connectivity index (χ4n) is 5.17. The number of likely N-dealkylation sites (tertiary alicyclic amines) is 1. The fraction of sp³-hybridized carbons (Fsp3) is 0.321. The highest BCUT2D eigenvalue weighted by molar-refractivity contribution is 6.31. The second-order valence-corrected chi connectivity index (χ2v) is 9.96. The number of benzene rings is 3. The number of nitrogens with zero attached hydrogens (tertiary/aromatic N) is 2. The Kier molecular flexibility index (Phi) is 7.23. The number of aliphatic hydroxyl groups is 1. The Labute approximate surface area is 228 Å². The Morgan fingerprint density at radius 3 is 2.44 bits per heavy atom. The minimum Gasteiger partial charge on any atom is -0.406 e. The van der Waals surface area contributed by atoms with E-state index in [0.717, 1.165) is 5.56 Å². The lowest BCUT2D eigenvalue weighted by Crippen LogP contribution is -2.77. The van der Waals surface area contributed by atoms with E-state index in [1.807, 2.05) is 31.2 Å². The number of amides is 1. The SMILES string of the molecule is CCOC(O)c1ccc2c(c1)NC1(CN(C(C)c3ccccc3Cl)C1)N(c1ccc(OC(F)(F)F)cc1)C2=O. The van der Waals surface area contributed by atoms with Gasteiger partial charge in [0.2, 0.25) is 0 Å². The molecule has 0 radical (unpaired) electrons. The summed E-state index contributed by atoms with van der Waals surface area (Å²) in [5.74, 6) is -0.703. The molecule has 1 saturated heterocycles. The molecular weight excluding hydrogens is 535 g/mol. The Morgan fingerprint density at radius 1 is 1.10 bits per heavy atom. The van der Waals surface area contributed by atoms with Crippen LogP contribution in [-0.4, -0.2) is 47.6 Å². The normalized spacial score (nSPS) is 18.2. The molecular formula is C28H27ClF3N3O4. The number of carbonyl (C=O) groups excluding carboxylic acids is 1. The number of carbonyl (C=O) groups is 1. The Morgan fingerprint density at radius 2 is 1.79 bits per heavy atom. The van der Waals surface area contributed by atoms with Crippen LogP contribution in [0.1, 0.15) is 47.7 Å². The predicted octanol–water partition coefficient (Wildman–Crippen LogP) is 6.11. The zero-order chi connectivity index (χ0) is 27.9. The zero-order valence-corrected chi connectivity index (χ0v) is 22.0. The van der Waals surface area contributed by atoms with E-state index < -0.39 is 18.3 Å². The largest absolute Gasteiger partial charge is 0.573 e. The first kappa shape index (κ1) is 27.3. The number of ether oxygens (including phenoxy) is 2. The van der Waals surface area contributed by atoms with Crippen LogP contribution in [0.15, 0.2) is 66.7 Å². The fourth-order valence-corrected chi connectivity index (χ4v) is 5.47. The summed E-state index contributed by atoms with van der Waals surface area (Å²) in [5.41, 5.74) is 1.85. The molecule has 3 aromatic rings. The van der Waals surface area contributed by atoms with Gasteiger partial charge in [-0.25, -0.2) is 0 Å². The lowest BCUT2D eigenvalue weighted by molar-refractivity contribution is -0.274. The van der Waals surface area contributed by atoms with E-state index in [-0.39, 0.29) is 17.7 Å². The molecule has 0 saturated carbocycles. The van der Waals surface area contributed by atoms with Crippen LogP contribution in [-0.2, 0) is 4.74 Å². The zero-order valence-electron chi connectivity index (χ0n) is 21.2. The van der Waals surface area contributed by atoms with E-state index in [1.165, 1.54) is 24.3 Å². The molecule has 2 atom stereocenters. The third-order valence-corrected chi connectivity index (χ3v) is 7.39. The standard InChI is InChI=1S/C28H27ClF3N3O4/c1-3-38-26(37)18-8-13-22-24(14-18)33-27(15-34(16-27)17(2)21-6-4-5-7-23(21)29)35(25(22)36)19-9-11-20(12-10-19)39-28(30,31)32/h4-14,17,26,33,37H,3,15-16H2,1-2H3. The van der Waals surface area contributed by atoms with Gasteiger partial charge in [-0.3, -0.25) is 14.6 Å². The van der Waals surface area contributed by atoms with Crippen LogP contribution in [0.3, 0.4) is 0 Å². The average Bonchev–Trinajstić information content (AvgIpc) is 2.86. The van der Waals surface area contributed by atoms with Crippen molar-refractivity contribution in [2.75, 3.05) is 29.9 Å². The summed E-state index contributed by atoms with van der Waals surface area (Å²) >= 11 is 6.44. The number of halogens is 4. The van der Waals surface area contributed by atoms with Gasteiger partial charge in [0.25, 0.3) is 5.91 Å². The third kappa shape index (κ3) is 5.29. The van der Waals surface area contributed by atoms with Crippen LogP contribution >= 0.6 is 11.6 Å². The molecule has 1 fully saturated rings. The number of fused-ring (bicyclic) bond motifs is 1. The highest BCUT2D eigenvalue weighted by Gasteiger charge is 2.54. The molecule has 7 nitrogen and oxygen atoms in total. The van der Waals surface area contributed by atoms with Crippen molar-refractivity contribution in [1.29, 1.82) is 0 Å². The van der Waals surface area contributed by atoms with Gasteiger partial charge in [-0.05, 0) is 61.9 Å². The second kappa shape index (κ2) is 10.3. The molecule has 2 aliphatic rings. The first-order valence-corrected chi connectivity index (χ1v) is 12.8. The minimum atomic E-state index is -4.82. The molecule has 39 heavy (non-hydrogen) atoms. The van der Waals surface area contributed by atoms with Crippen LogP contribution < -0.4 is 15.0 Å². The molecule has 2 heterocycles. The lowest BCUT2D eigenvalue weighted by Gasteiger charge is -2.59. The van der Waals surface area contributed by atoms with Gasteiger partial charge in [-0.2, -0.15) is 0 Å². The van der Waals surface area contributed by atoms with Gasteiger partial charge in [0, 0.05) is 47.7 Å². The molecule has 2 unspecified atom stereocenters. The highest BCUT2D eigenvalue weighted by atomic mass is 35.5. The van der Waals surface area contributed by atoms with E-state index in [0.29, 0.717) is 47.2 Å². The molecule has 0 bridgehead atoms. The van der Waals surface area contributed by atoms with Crippen molar-refractivity contribution in [3.8, 4) is 5.75 Å². The third-order valence-electron chi connectivity index (χ3n) is 7.04. The molecule has 1 spiro atoms. The van der Waals surface area contributed by atoms with Gasteiger partial charge < -0.3 is 19.9 Å². The van der Waals surface area contributed by atoms with Gasteiger partial charge in [0.05, 0.1) is 5.56 Å². The van der Waals surface area contributed by atoms with Crippen molar-refractivity contribution in [2.24, 2.45) is 0 Å². The summed E-state index contributed by atoms with van der Waals surface area (Å²) in [7, 11) is 0. The molecule has 2 aliphatic heterocycles. The highest BCUT2D eigenvalue weighted by Crippen LogP contribution is 2.44. The smallest absolute Gasteiger partial charge is 0.406 e. The Bertz CT molecular complexity index is 1360. The molecule has 3 aromatic carbocycles. The molecule has 1 amide bonds. The van der Waals surface area contributed by atoms with Crippen LogP contribution in [0, 0.1) is 0 Å². The maximum absolute atomic E-state index is 13.9. The van der Waals surface area contributed by atoms with Crippen LogP contribution in [0.5, 0.6) is 5.75 Å². The molecule has 206 valence electrons. The average molecular weight is 562 g/mol. The molecule has 5 rings (SSSR count). The number of nitrogens with one attached hydrogen (secondary N) is 1. The van der Waals surface area contributed by atoms with E-state index in [2.05, 4.69) is 15.0 Å². The van der Waals surface area contributed by atoms with Crippen LogP contribution in [0.2, 0.25) is 5.02 Å². The lowest BCUT2D eigenvalue weighted by atomic mass is 9.88. The minimum absolute atomic E-state index is 0.0573. The van der Waals surface area contributed by atoms with Gasteiger partial charge in [0.15, 0.2) is 6.29 Å². The van der Waals surface area contributed by atoms with Crippen molar-refractivity contribution in [2.45, 2.75) is 38.2 Å². The van der Waals surface area contributed by atoms with Gasteiger partial charge in [-0.1, -0.05) is 35.9 Å². The summed E-state index contributed by atoms with van der Waals surface area (Å²) in [5, 5.41) is 14.5. The van der Waals surface area contributed by atoms with Gasteiger partial charge >= 0.3 is 6.36 Å². The van der Waals surface area contributed by atoms with Gasteiger partial charge in [0.1, 0.15) is 11.4 Å². The van der Waals surface area contributed by atoms with Crippen LogP contribution in [0.4, 0.5) is 24.5 Å². The first-order valence-electron chi connectivity index (χ1n) is 12.4. The summed E-state index contributed by atoms with van der Waals surface area (Å²) in [4.78, 5) is 17.6. The van der Waals surface area contributed by atoms with E-state index in [1.54, 1.807) is 30.0 Å². The number of alkyl halides is 3. The van der Waals surface area contributed by atoms with Crippen molar-refractivity contribution in [3.05, 3.63) is 88.4 Å². The summed E-state index contributed by atoms with van der Waals surface area (Å²) in [6, 6.07) is 17.6. The summed E-state index contributed by atoms with van der Waals surface area (Å²) in [6.07, 6.45) is -5.97. The maximum Gasteiger partial charge on any atom is 0.573 e. The quantitative estimate of drug-likeness (QED) is 0.339. The van der Waals surface area contributed by atoms with Gasteiger partial charge in [-0.15, -0.1) is 13.2 Å². The number of rotatable bonds is 7. The van der Waals surface area contributed by atoms with Crippen LogP contribution in [0.25, 0.3) is 0 Å². The number of hydrogen-bond acceptors (Lipinski definition) is 6. The van der Waals surface area contributed by atoms with Crippen molar-refractivity contribution in [1.82, 2.24) is 4.90 Å². The molecule has 0 aliphatic carbocycles. The molecule has 2 N–H and O–H groups in total. The summed E-state index contributed by atoms with van der Waals surface area (Å²) < 4.78 is 47.4. The maximum atomic E-state index is 13.9. The van der Waals surface area contributed by atoms with Crippen molar-refractivity contribution >= 4 is 28.9 Å². The van der Waals surface area contributed by atoms with E-state index in [4.69, 9.17) is 16.3 Å².